The number of halogens is 1. The fourth-order valence-corrected chi connectivity index (χ4v) is 2.71. The lowest BCUT2D eigenvalue weighted by atomic mass is 9.78. The van der Waals surface area contributed by atoms with Gasteiger partial charge in [-0.25, -0.2) is 0 Å². The van der Waals surface area contributed by atoms with E-state index in [1.165, 1.54) is 12.1 Å². The van der Waals surface area contributed by atoms with Crippen LogP contribution in [-0.2, 0) is 0 Å². The molecule has 0 radical (unpaired) electrons. The fourth-order valence-electron chi connectivity index (χ4n) is 2.57. The highest BCUT2D eigenvalue weighted by Crippen LogP contribution is 2.33. The molecule has 0 aromatic carbocycles. The minimum absolute atomic E-state index is 0.177. The second-order valence-corrected chi connectivity index (χ2v) is 5.73. The molecule has 0 spiro atoms. The van der Waals surface area contributed by atoms with Gasteiger partial charge in [-0.1, -0.05) is 13.3 Å². The first-order chi connectivity index (χ1) is 9.02. The smallest absolute Gasteiger partial charge is 0.287 e. The summed E-state index contributed by atoms with van der Waals surface area (Å²) in [4.78, 5) is 11.8. The van der Waals surface area contributed by atoms with Gasteiger partial charge in [0.15, 0.2) is 11.0 Å². The molecular weight excluding hydrogens is 266 g/mol. The summed E-state index contributed by atoms with van der Waals surface area (Å²) in [5, 5.41) is 13.3. The Balaban J connectivity index is 1.83. The van der Waals surface area contributed by atoms with Crippen molar-refractivity contribution in [2.45, 2.75) is 44.6 Å². The topological polar surface area (TPSA) is 62.5 Å². The number of aliphatic hydroxyl groups is 1. The molecule has 1 saturated carbocycles. The Morgan fingerprint density at radius 3 is 2.74 bits per heavy atom. The fraction of sp³-hybridized carbons (Fsp3) is 0.643. The summed E-state index contributed by atoms with van der Waals surface area (Å²) in [6.45, 7) is 2.44. The summed E-state index contributed by atoms with van der Waals surface area (Å²) in [5.41, 5.74) is -0.780. The maximum atomic E-state index is 11.8. The SMILES string of the molecule is CCC1CCC(O)(CNC(=O)c2ccc(Cl)o2)CC1. The number of amides is 1. The van der Waals surface area contributed by atoms with Gasteiger partial charge in [0, 0.05) is 6.54 Å². The lowest BCUT2D eigenvalue weighted by Crippen LogP contribution is -2.45. The van der Waals surface area contributed by atoms with Crippen molar-refractivity contribution in [2.24, 2.45) is 5.92 Å². The number of nitrogens with one attached hydrogen (secondary N) is 1. The molecule has 1 aromatic rings. The van der Waals surface area contributed by atoms with Crippen molar-refractivity contribution in [1.82, 2.24) is 5.32 Å². The van der Waals surface area contributed by atoms with Crippen molar-refractivity contribution >= 4 is 17.5 Å². The van der Waals surface area contributed by atoms with Gasteiger partial charge in [-0.15, -0.1) is 0 Å². The Morgan fingerprint density at radius 1 is 1.53 bits per heavy atom. The first kappa shape index (κ1) is 14.4. The van der Waals surface area contributed by atoms with Gasteiger partial charge < -0.3 is 14.8 Å². The first-order valence-electron chi connectivity index (χ1n) is 6.78. The van der Waals surface area contributed by atoms with Crippen LogP contribution in [-0.4, -0.2) is 23.2 Å². The van der Waals surface area contributed by atoms with Crippen LogP contribution in [0.5, 0.6) is 0 Å². The quantitative estimate of drug-likeness (QED) is 0.894. The van der Waals surface area contributed by atoms with Crippen LogP contribution in [0.1, 0.15) is 49.6 Å². The molecule has 2 rings (SSSR count). The van der Waals surface area contributed by atoms with Crippen molar-refractivity contribution in [3.8, 4) is 0 Å². The lowest BCUT2D eigenvalue weighted by molar-refractivity contribution is -0.00804. The van der Waals surface area contributed by atoms with E-state index in [0.29, 0.717) is 5.92 Å². The first-order valence-corrected chi connectivity index (χ1v) is 7.16. The van der Waals surface area contributed by atoms with Gasteiger partial charge in [-0.3, -0.25) is 4.79 Å². The molecule has 1 aliphatic rings. The molecule has 0 aliphatic heterocycles. The average Bonchev–Trinajstić information content (AvgIpc) is 2.84. The summed E-state index contributed by atoms with van der Waals surface area (Å²) in [6.07, 6.45) is 4.69. The van der Waals surface area contributed by atoms with Crippen LogP contribution in [0.2, 0.25) is 5.22 Å². The van der Waals surface area contributed by atoms with Crippen LogP contribution >= 0.6 is 11.6 Å². The number of rotatable bonds is 4. The third-order valence-electron chi connectivity index (χ3n) is 3.99. The van der Waals surface area contributed by atoms with E-state index in [-0.39, 0.29) is 23.4 Å². The minimum Gasteiger partial charge on any atom is -0.440 e. The summed E-state index contributed by atoms with van der Waals surface area (Å²) in [5.74, 6) is 0.550. The van der Waals surface area contributed by atoms with Crippen LogP contribution in [0.3, 0.4) is 0 Å². The molecule has 1 fully saturated rings. The van der Waals surface area contributed by atoms with Crippen LogP contribution < -0.4 is 5.32 Å². The summed E-state index contributed by atoms with van der Waals surface area (Å²) >= 11 is 5.62. The maximum absolute atomic E-state index is 11.8. The lowest BCUT2D eigenvalue weighted by Gasteiger charge is -2.35. The van der Waals surface area contributed by atoms with Gasteiger partial charge >= 0.3 is 0 Å². The van der Waals surface area contributed by atoms with E-state index in [1.807, 2.05) is 0 Å². The predicted octanol–water partition coefficient (Wildman–Crippen LogP) is 2.99. The van der Waals surface area contributed by atoms with Crippen molar-refractivity contribution in [3.63, 3.8) is 0 Å². The normalized spacial score (nSPS) is 27.2. The zero-order chi connectivity index (χ0) is 13.9. The third-order valence-corrected chi connectivity index (χ3v) is 4.19. The molecule has 1 aromatic heterocycles. The highest BCUT2D eigenvalue weighted by molar-refractivity contribution is 6.29. The van der Waals surface area contributed by atoms with E-state index >= 15 is 0 Å². The van der Waals surface area contributed by atoms with Gasteiger partial charge in [0.25, 0.3) is 5.91 Å². The van der Waals surface area contributed by atoms with E-state index in [0.717, 1.165) is 32.1 Å². The Labute approximate surface area is 118 Å². The zero-order valence-electron chi connectivity index (χ0n) is 11.1. The largest absolute Gasteiger partial charge is 0.440 e. The van der Waals surface area contributed by atoms with E-state index in [2.05, 4.69) is 12.2 Å². The van der Waals surface area contributed by atoms with Gasteiger partial charge in [-0.2, -0.15) is 0 Å². The third kappa shape index (κ3) is 3.74. The van der Waals surface area contributed by atoms with Crippen molar-refractivity contribution in [3.05, 3.63) is 23.1 Å². The monoisotopic (exact) mass is 285 g/mol. The van der Waals surface area contributed by atoms with E-state index in [9.17, 15) is 9.90 Å². The van der Waals surface area contributed by atoms with Crippen LogP contribution in [0, 0.1) is 5.92 Å². The minimum atomic E-state index is -0.780. The van der Waals surface area contributed by atoms with Crippen molar-refractivity contribution < 1.29 is 14.3 Å². The van der Waals surface area contributed by atoms with Crippen molar-refractivity contribution in [2.75, 3.05) is 6.54 Å². The molecule has 0 bridgehead atoms. The molecule has 1 aliphatic carbocycles. The number of carbonyl (C=O) groups excluding carboxylic acids is 1. The second-order valence-electron chi connectivity index (χ2n) is 5.36. The maximum Gasteiger partial charge on any atom is 0.287 e. The molecule has 106 valence electrons. The zero-order valence-corrected chi connectivity index (χ0v) is 11.9. The number of hydrogen-bond acceptors (Lipinski definition) is 3. The standard InChI is InChI=1S/C14H20ClNO3/c1-2-10-5-7-14(18,8-6-10)9-16-13(17)11-3-4-12(15)19-11/h3-4,10,18H,2,5-9H2,1H3,(H,16,17). The molecule has 0 atom stereocenters. The molecule has 1 heterocycles. The average molecular weight is 286 g/mol. The number of hydrogen-bond donors (Lipinski definition) is 2. The van der Waals surface area contributed by atoms with Gasteiger partial charge in [0.2, 0.25) is 0 Å². The van der Waals surface area contributed by atoms with Gasteiger partial charge in [0.1, 0.15) is 0 Å². The Hall–Kier alpha value is -1.00. The van der Waals surface area contributed by atoms with Crippen LogP contribution in [0.4, 0.5) is 0 Å². The number of carbonyl (C=O) groups is 1. The predicted molar refractivity (Wildman–Crippen MR) is 73.3 cm³/mol. The molecule has 0 saturated heterocycles. The molecular formula is C14H20ClNO3. The molecule has 5 heteroatoms. The molecule has 1 amide bonds. The van der Waals surface area contributed by atoms with Crippen molar-refractivity contribution in [1.29, 1.82) is 0 Å². The molecule has 19 heavy (non-hydrogen) atoms. The highest BCUT2D eigenvalue weighted by atomic mass is 35.5. The molecule has 0 unspecified atom stereocenters. The van der Waals surface area contributed by atoms with Gasteiger partial charge in [0.05, 0.1) is 5.60 Å². The highest BCUT2D eigenvalue weighted by Gasteiger charge is 2.33. The Bertz CT molecular complexity index is 436. The van der Waals surface area contributed by atoms with E-state index in [4.69, 9.17) is 16.0 Å². The second kappa shape index (κ2) is 5.97. The van der Waals surface area contributed by atoms with Gasteiger partial charge in [-0.05, 0) is 55.3 Å². The summed E-state index contributed by atoms with van der Waals surface area (Å²) in [7, 11) is 0. The molecule has 4 nitrogen and oxygen atoms in total. The Morgan fingerprint density at radius 2 is 2.21 bits per heavy atom. The summed E-state index contributed by atoms with van der Waals surface area (Å²) < 4.78 is 5.02. The van der Waals surface area contributed by atoms with E-state index in [1.54, 1.807) is 0 Å². The van der Waals surface area contributed by atoms with Crippen LogP contribution in [0.15, 0.2) is 16.5 Å². The number of furan rings is 1. The Kier molecular flexibility index (Phi) is 4.53. The molecule has 2 N–H and O–H groups in total. The van der Waals surface area contributed by atoms with Crippen LogP contribution in [0.25, 0.3) is 0 Å². The summed E-state index contributed by atoms with van der Waals surface area (Å²) in [6, 6.07) is 3.05. The van der Waals surface area contributed by atoms with E-state index < -0.39 is 5.60 Å².